The molecular formula is C50H30N4. The number of nitrogens with zero attached hydrogens (tertiary/aromatic N) is 4. The highest BCUT2D eigenvalue weighted by atomic mass is 15.0. The van der Waals surface area contributed by atoms with Gasteiger partial charge in [-0.25, -0.2) is 19.9 Å². The Bertz CT molecular complexity index is 3200. The third-order valence-electron chi connectivity index (χ3n) is 10.6. The Morgan fingerprint density at radius 2 is 0.704 bits per heavy atom. The minimum absolute atomic E-state index is 0.610. The summed E-state index contributed by atoms with van der Waals surface area (Å²) in [7, 11) is 0. The standard InChI is InChI=1S/C50H30N4/c1-3-14-33-28-37(26-24-31(33)12-1)49-52-48(53-50(54-49)38-27-25-32-13-2-4-15-34(32)29-38)36-17-11-16-35(30-36)47-46-42-21-8-6-19-40(42)39-18-5-7-20-41(39)45(46)43-22-9-10-23-44(43)51-47/h1-30H. The van der Waals surface area contributed by atoms with Crippen molar-refractivity contribution in [2.24, 2.45) is 0 Å². The van der Waals surface area contributed by atoms with Gasteiger partial charge in [-0.2, -0.15) is 0 Å². The molecule has 2 aromatic heterocycles. The minimum atomic E-state index is 0.610. The van der Waals surface area contributed by atoms with Gasteiger partial charge in [0.15, 0.2) is 17.5 Å². The lowest BCUT2D eigenvalue weighted by Crippen LogP contribution is -2.00. The lowest BCUT2D eigenvalue weighted by atomic mass is 9.90. The Labute approximate surface area is 311 Å². The van der Waals surface area contributed by atoms with Gasteiger partial charge in [-0.3, -0.25) is 0 Å². The molecule has 4 nitrogen and oxygen atoms in total. The minimum Gasteiger partial charge on any atom is -0.247 e. The molecule has 11 aromatic rings. The van der Waals surface area contributed by atoms with Crippen LogP contribution < -0.4 is 0 Å². The fraction of sp³-hybridized carbons (Fsp3) is 0. The summed E-state index contributed by atoms with van der Waals surface area (Å²) in [5, 5.41) is 13.0. The normalized spacial score (nSPS) is 11.7. The van der Waals surface area contributed by atoms with Crippen LogP contribution in [-0.4, -0.2) is 19.9 Å². The Balaban J connectivity index is 1.16. The summed E-state index contributed by atoms with van der Waals surface area (Å²) in [6.45, 7) is 0. The van der Waals surface area contributed by atoms with Crippen molar-refractivity contribution in [2.75, 3.05) is 0 Å². The van der Waals surface area contributed by atoms with Gasteiger partial charge in [-0.15, -0.1) is 0 Å². The Morgan fingerprint density at radius 1 is 0.259 bits per heavy atom. The summed E-state index contributed by atoms with van der Waals surface area (Å²) in [4.78, 5) is 20.8. The van der Waals surface area contributed by atoms with Crippen molar-refractivity contribution < 1.29 is 0 Å². The maximum Gasteiger partial charge on any atom is 0.164 e. The van der Waals surface area contributed by atoms with Crippen molar-refractivity contribution in [3.8, 4) is 45.4 Å². The van der Waals surface area contributed by atoms with Crippen molar-refractivity contribution >= 4 is 64.8 Å². The molecule has 0 radical (unpaired) electrons. The highest BCUT2D eigenvalue weighted by Gasteiger charge is 2.19. The molecule has 0 amide bonds. The first-order valence-corrected chi connectivity index (χ1v) is 18.2. The molecule has 0 atom stereocenters. The van der Waals surface area contributed by atoms with Gasteiger partial charge in [0.05, 0.1) is 11.2 Å². The molecule has 0 fully saturated rings. The van der Waals surface area contributed by atoms with E-state index in [2.05, 4.69) is 182 Å². The van der Waals surface area contributed by atoms with Crippen molar-refractivity contribution in [1.29, 1.82) is 0 Å². The van der Waals surface area contributed by atoms with Crippen LogP contribution in [0.4, 0.5) is 0 Å². The van der Waals surface area contributed by atoms with Crippen LogP contribution in [0.3, 0.4) is 0 Å². The third kappa shape index (κ3) is 4.92. The molecule has 54 heavy (non-hydrogen) atoms. The largest absolute Gasteiger partial charge is 0.247 e. The van der Waals surface area contributed by atoms with Crippen molar-refractivity contribution in [2.45, 2.75) is 0 Å². The van der Waals surface area contributed by atoms with Crippen molar-refractivity contribution in [3.05, 3.63) is 182 Å². The number of hydrogen-bond acceptors (Lipinski definition) is 4. The Kier molecular flexibility index (Phi) is 6.82. The number of hydrogen-bond donors (Lipinski definition) is 0. The van der Waals surface area contributed by atoms with Crippen LogP contribution in [0.1, 0.15) is 0 Å². The number of rotatable bonds is 4. The zero-order valence-electron chi connectivity index (χ0n) is 29.1. The zero-order valence-corrected chi connectivity index (χ0v) is 29.1. The summed E-state index contributed by atoms with van der Waals surface area (Å²) >= 11 is 0. The molecule has 0 N–H and O–H groups in total. The van der Waals surface area contributed by atoms with E-state index in [1.54, 1.807) is 0 Å². The highest BCUT2D eigenvalue weighted by molar-refractivity contribution is 6.33. The van der Waals surface area contributed by atoms with E-state index in [1.807, 2.05) is 0 Å². The van der Waals surface area contributed by atoms with Gasteiger partial charge in [-0.05, 0) is 67.4 Å². The first kappa shape index (κ1) is 30.3. The van der Waals surface area contributed by atoms with Gasteiger partial charge in [-0.1, -0.05) is 158 Å². The van der Waals surface area contributed by atoms with Crippen molar-refractivity contribution in [3.63, 3.8) is 0 Å². The van der Waals surface area contributed by atoms with Crippen LogP contribution >= 0.6 is 0 Å². The molecule has 0 saturated heterocycles. The number of pyridine rings is 1. The first-order chi connectivity index (χ1) is 26.7. The number of aromatic nitrogens is 4. The van der Waals surface area contributed by atoms with E-state index in [0.717, 1.165) is 55.0 Å². The molecule has 0 aliphatic carbocycles. The van der Waals surface area contributed by atoms with E-state index in [9.17, 15) is 0 Å². The first-order valence-electron chi connectivity index (χ1n) is 18.2. The van der Waals surface area contributed by atoms with Gasteiger partial charge < -0.3 is 0 Å². The van der Waals surface area contributed by atoms with Gasteiger partial charge in [0.2, 0.25) is 0 Å². The smallest absolute Gasteiger partial charge is 0.164 e. The molecule has 4 heteroatoms. The average molecular weight is 687 g/mol. The van der Waals surface area contributed by atoms with Gasteiger partial charge in [0, 0.05) is 38.4 Å². The maximum absolute atomic E-state index is 5.40. The fourth-order valence-electron chi connectivity index (χ4n) is 8.06. The molecule has 0 aliphatic rings. The predicted octanol–water partition coefficient (Wildman–Crippen LogP) is 12.9. The van der Waals surface area contributed by atoms with E-state index in [1.165, 1.54) is 37.7 Å². The number of para-hydroxylation sites is 1. The Hall–Kier alpha value is -7.30. The molecule has 0 bridgehead atoms. The van der Waals surface area contributed by atoms with Crippen molar-refractivity contribution in [1.82, 2.24) is 19.9 Å². The summed E-state index contributed by atoms with van der Waals surface area (Å²) < 4.78 is 0. The predicted molar refractivity (Wildman–Crippen MR) is 224 cm³/mol. The molecule has 250 valence electrons. The van der Waals surface area contributed by atoms with E-state index >= 15 is 0 Å². The van der Waals surface area contributed by atoms with Gasteiger partial charge >= 0.3 is 0 Å². The van der Waals surface area contributed by atoms with Crippen LogP contribution in [-0.2, 0) is 0 Å². The third-order valence-corrected chi connectivity index (χ3v) is 10.6. The second-order valence-corrected chi connectivity index (χ2v) is 13.8. The summed E-state index contributed by atoms with van der Waals surface area (Å²) in [6.07, 6.45) is 0. The van der Waals surface area contributed by atoms with Crippen LogP contribution in [0.25, 0.3) is 110 Å². The topological polar surface area (TPSA) is 51.6 Å². The molecule has 0 spiro atoms. The second kappa shape index (κ2) is 12.1. The van der Waals surface area contributed by atoms with Crippen LogP contribution in [0, 0.1) is 0 Å². The molecular weight excluding hydrogens is 657 g/mol. The molecule has 2 heterocycles. The summed E-state index contributed by atoms with van der Waals surface area (Å²) in [5.74, 6) is 1.87. The lowest BCUT2D eigenvalue weighted by molar-refractivity contribution is 1.08. The van der Waals surface area contributed by atoms with Crippen LogP contribution in [0.15, 0.2) is 182 Å². The molecule has 9 aromatic carbocycles. The molecule has 0 aliphatic heterocycles. The quantitative estimate of drug-likeness (QED) is 0.173. The lowest BCUT2D eigenvalue weighted by Gasteiger charge is -2.16. The second-order valence-electron chi connectivity index (χ2n) is 13.8. The molecule has 0 unspecified atom stereocenters. The summed E-state index contributed by atoms with van der Waals surface area (Å²) in [6, 6.07) is 64.0. The van der Waals surface area contributed by atoms with Crippen LogP contribution in [0.5, 0.6) is 0 Å². The number of benzene rings is 9. The average Bonchev–Trinajstić information content (AvgIpc) is 3.25. The maximum atomic E-state index is 5.40. The van der Waals surface area contributed by atoms with E-state index in [-0.39, 0.29) is 0 Å². The zero-order chi connectivity index (χ0) is 35.6. The van der Waals surface area contributed by atoms with E-state index in [0.29, 0.717) is 17.5 Å². The molecule has 0 saturated carbocycles. The molecule has 11 rings (SSSR count). The van der Waals surface area contributed by atoms with Gasteiger partial charge in [0.25, 0.3) is 0 Å². The van der Waals surface area contributed by atoms with Gasteiger partial charge in [0.1, 0.15) is 0 Å². The highest BCUT2D eigenvalue weighted by Crippen LogP contribution is 2.43. The fourth-order valence-corrected chi connectivity index (χ4v) is 8.06. The SMILES string of the molecule is c1cc(-c2nc(-c3ccc4ccccc4c3)nc(-c3ccc4ccccc4c3)n2)cc(-c2nc3ccccc3c3c4ccccc4c4ccccc4c23)c1. The number of fused-ring (bicyclic) bond motifs is 10. The monoisotopic (exact) mass is 686 g/mol. The summed E-state index contributed by atoms with van der Waals surface area (Å²) in [5.41, 5.74) is 5.68. The van der Waals surface area contributed by atoms with E-state index < -0.39 is 0 Å². The Morgan fingerprint density at radius 3 is 1.30 bits per heavy atom. The van der Waals surface area contributed by atoms with E-state index in [4.69, 9.17) is 19.9 Å². The van der Waals surface area contributed by atoms with Crippen LogP contribution in [0.2, 0.25) is 0 Å².